The number of allylic oxidation sites excluding steroid dienone is 1. The smallest absolute Gasteiger partial charge is 0.244 e. The number of hydroxylamine groups is 1. The van der Waals surface area contributed by atoms with Crippen LogP contribution in [-0.2, 0) is 4.79 Å². The highest BCUT2D eigenvalue weighted by molar-refractivity contribution is 7.80. The van der Waals surface area contributed by atoms with Crippen LogP contribution >= 0.6 is 12.2 Å². The summed E-state index contributed by atoms with van der Waals surface area (Å²) in [7, 11) is 1.62. The van der Waals surface area contributed by atoms with Crippen molar-refractivity contribution >= 4 is 39.7 Å². The van der Waals surface area contributed by atoms with Crippen LogP contribution in [0.4, 0.5) is 0 Å². The third kappa shape index (κ3) is 5.87. The molecule has 3 rings (SSSR count). The highest BCUT2D eigenvalue weighted by Crippen LogP contribution is 2.27. The van der Waals surface area contributed by atoms with Crippen molar-refractivity contribution in [2.24, 2.45) is 0 Å². The quantitative estimate of drug-likeness (QED) is 0.249. The van der Waals surface area contributed by atoms with Gasteiger partial charge in [-0.25, -0.2) is 0 Å². The maximum atomic E-state index is 12.5. The molecule has 0 bridgehead atoms. The van der Waals surface area contributed by atoms with Crippen molar-refractivity contribution in [2.45, 2.75) is 26.3 Å². The largest absolute Gasteiger partial charge is 0.497 e. The Hall–Kier alpha value is -3.36. The van der Waals surface area contributed by atoms with Crippen LogP contribution in [0.15, 0.2) is 59.0 Å². The summed E-state index contributed by atoms with van der Waals surface area (Å²) in [4.78, 5) is 12.8. The van der Waals surface area contributed by atoms with E-state index >= 15 is 0 Å². The summed E-state index contributed by atoms with van der Waals surface area (Å²) in [6.07, 6.45) is 2.23. The first-order chi connectivity index (χ1) is 15.4. The minimum atomic E-state index is -0.217. The van der Waals surface area contributed by atoms with Gasteiger partial charge in [0.15, 0.2) is 0 Å². The van der Waals surface area contributed by atoms with Crippen molar-refractivity contribution in [1.82, 2.24) is 10.8 Å². The highest BCUT2D eigenvalue weighted by Gasteiger charge is 2.12. The molecule has 1 heterocycles. The Morgan fingerprint density at radius 2 is 1.91 bits per heavy atom. The highest BCUT2D eigenvalue weighted by atomic mass is 32.1. The molecule has 0 aliphatic rings. The number of methoxy groups -OCH3 is 1. The third-order valence-electron chi connectivity index (χ3n) is 4.97. The topological polar surface area (TPSA) is 93.0 Å². The Morgan fingerprint density at radius 3 is 2.56 bits per heavy atom. The van der Waals surface area contributed by atoms with Crippen LogP contribution in [0, 0.1) is 0 Å². The fraction of sp³-hybridized carbons (Fsp3) is 0.250. The van der Waals surface area contributed by atoms with Gasteiger partial charge in [-0.15, -0.1) is 0 Å². The Kier molecular flexibility index (Phi) is 7.86. The van der Waals surface area contributed by atoms with E-state index in [1.807, 2.05) is 43.6 Å². The van der Waals surface area contributed by atoms with E-state index < -0.39 is 0 Å². The lowest BCUT2D eigenvalue weighted by Crippen LogP contribution is -2.37. The first-order valence-corrected chi connectivity index (χ1v) is 10.6. The number of hydrogen-bond donors (Lipinski definition) is 3. The maximum Gasteiger partial charge on any atom is 0.244 e. The number of nitrogens with one attached hydrogen (secondary N) is 2. The van der Waals surface area contributed by atoms with Crippen LogP contribution in [0.1, 0.15) is 31.6 Å². The van der Waals surface area contributed by atoms with E-state index in [9.17, 15) is 4.79 Å². The summed E-state index contributed by atoms with van der Waals surface area (Å²) >= 11 is 4.97. The summed E-state index contributed by atoms with van der Waals surface area (Å²) in [6.45, 7) is 4.13. The van der Waals surface area contributed by atoms with Gasteiger partial charge in [0, 0.05) is 17.0 Å². The monoisotopic (exact) mass is 454 g/mol. The zero-order chi connectivity index (χ0) is 23.1. The third-order valence-corrected chi connectivity index (χ3v) is 5.30. The number of amides is 1. The number of thiocarbonyl (C=S) groups is 1. The molecule has 3 N–H and O–H groups in total. The number of fused-ring (bicyclic) bond motifs is 1. The van der Waals surface area contributed by atoms with Crippen molar-refractivity contribution in [3.05, 3.63) is 65.9 Å². The van der Waals surface area contributed by atoms with Gasteiger partial charge in [-0.05, 0) is 67.4 Å². The lowest BCUT2D eigenvalue weighted by atomic mass is 10.1. The van der Waals surface area contributed by atoms with E-state index in [4.69, 9.17) is 31.3 Å². The number of carbonyl (C=O) groups is 1. The summed E-state index contributed by atoms with van der Waals surface area (Å²) < 4.78 is 16.9. The average Bonchev–Trinajstić information content (AvgIpc) is 3.25. The molecule has 1 atom stereocenters. The van der Waals surface area contributed by atoms with Crippen LogP contribution in [0.5, 0.6) is 11.5 Å². The van der Waals surface area contributed by atoms with Gasteiger partial charge in [-0.3, -0.25) is 15.5 Å². The molecule has 0 unspecified atom stereocenters. The minimum absolute atomic E-state index is 0.161. The number of furan rings is 1. The summed E-state index contributed by atoms with van der Waals surface area (Å²) in [6, 6.07) is 14.3. The van der Waals surface area contributed by atoms with Crippen molar-refractivity contribution in [1.29, 1.82) is 0 Å². The first kappa shape index (κ1) is 23.3. The fourth-order valence-electron chi connectivity index (χ4n) is 3.08. The lowest BCUT2D eigenvalue weighted by Gasteiger charge is -2.17. The number of rotatable bonds is 9. The Morgan fingerprint density at radius 1 is 1.19 bits per heavy atom. The van der Waals surface area contributed by atoms with Crippen molar-refractivity contribution in [2.75, 3.05) is 13.7 Å². The van der Waals surface area contributed by atoms with Crippen molar-refractivity contribution in [3.8, 4) is 11.5 Å². The van der Waals surface area contributed by atoms with Gasteiger partial charge < -0.3 is 19.2 Å². The van der Waals surface area contributed by atoms with Gasteiger partial charge in [0.2, 0.25) is 5.91 Å². The number of benzene rings is 2. The summed E-state index contributed by atoms with van der Waals surface area (Å²) in [5.41, 5.74) is 4.08. The molecule has 7 nitrogen and oxygen atoms in total. The van der Waals surface area contributed by atoms with Gasteiger partial charge in [0.1, 0.15) is 34.4 Å². The van der Waals surface area contributed by atoms with Gasteiger partial charge >= 0.3 is 0 Å². The van der Waals surface area contributed by atoms with E-state index in [1.165, 1.54) is 6.08 Å². The number of carbonyl (C=O) groups excluding carboxylic acids is 1. The van der Waals surface area contributed by atoms with Crippen molar-refractivity contribution in [3.63, 3.8) is 0 Å². The molecule has 168 valence electrons. The normalized spacial score (nSPS) is 12.3. The van der Waals surface area contributed by atoms with E-state index in [0.717, 1.165) is 22.3 Å². The predicted molar refractivity (Wildman–Crippen MR) is 127 cm³/mol. The average molecular weight is 455 g/mol. The molecule has 0 saturated heterocycles. The second-order valence-electron chi connectivity index (χ2n) is 7.23. The predicted octanol–water partition coefficient (Wildman–Crippen LogP) is 4.47. The second kappa shape index (κ2) is 10.8. The SMILES string of the molecule is CC[C@@H](COc1ccc(C(=S)NO)cc1)NC(=O)/C=C(\C)c1cc2cc(OC)ccc2o1. The molecular formula is C24H26N2O5S. The van der Waals surface area contributed by atoms with Crippen molar-refractivity contribution < 1.29 is 23.9 Å². The molecule has 0 saturated carbocycles. The standard InChI is InChI=1S/C24H26N2O5S/c1-4-18(14-30-19-7-5-16(6-8-19)24(32)26-28)25-23(27)11-15(2)22-13-17-12-20(29-3)9-10-21(17)31-22/h5-13,18,28H,4,14H2,1-3H3,(H,25,27)(H,26,32)/b15-11+/t18-/m0/s1. The van der Waals surface area contributed by atoms with Crippen LogP contribution in [0.3, 0.4) is 0 Å². The van der Waals surface area contributed by atoms with Crippen LogP contribution in [-0.4, -0.2) is 35.9 Å². The molecule has 0 spiro atoms. The van der Waals surface area contributed by atoms with Gasteiger partial charge in [0.05, 0.1) is 13.2 Å². The van der Waals surface area contributed by atoms with Crippen LogP contribution in [0.2, 0.25) is 0 Å². The molecule has 0 fully saturated rings. The van der Waals surface area contributed by atoms with Gasteiger partial charge in [-0.2, -0.15) is 0 Å². The molecule has 8 heteroatoms. The molecule has 1 amide bonds. The minimum Gasteiger partial charge on any atom is -0.497 e. The fourth-order valence-corrected chi connectivity index (χ4v) is 3.21. The van der Waals surface area contributed by atoms with E-state index in [2.05, 4.69) is 5.32 Å². The molecule has 0 aliphatic heterocycles. The number of ether oxygens (including phenoxy) is 2. The molecule has 32 heavy (non-hydrogen) atoms. The molecule has 0 aliphatic carbocycles. The van der Waals surface area contributed by atoms with Gasteiger partial charge in [0.25, 0.3) is 0 Å². The second-order valence-corrected chi connectivity index (χ2v) is 7.64. The molecular weight excluding hydrogens is 428 g/mol. The van der Waals surface area contributed by atoms with E-state index in [0.29, 0.717) is 30.1 Å². The summed E-state index contributed by atoms with van der Waals surface area (Å²) in [5, 5.41) is 12.7. The molecule has 0 radical (unpaired) electrons. The maximum absolute atomic E-state index is 12.5. The first-order valence-electron chi connectivity index (χ1n) is 10.2. The summed E-state index contributed by atoms with van der Waals surface area (Å²) in [5.74, 6) is 1.80. The number of hydrogen-bond acceptors (Lipinski definition) is 6. The van der Waals surface area contributed by atoms with Crippen LogP contribution < -0.4 is 20.3 Å². The molecule has 1 aromatic heterocycles. The molecule has 2 aromatic carbocycles. The lowest BCUT2D eigenvalue weighted by molar-refractivity contribution is -0.117. The zero-order valence-corrected chi connectivity index (χ0v) is 19.0. The zero-order valence-electron chi connectivity index (χ0n) is 18.2. The van der Waals surface area contributed by atoms with Crippen LogP contribution in [0.25, 0.3) is 16.5 Å². The van der Waals surface area contributed by atoms with E-state index in [-0.39, 0.29) is 16.9 Å². The van der Waals surface area contributed by atoms with Gasteiger partial charge in [-0.1, -0.05) is 19.1 Å². The Bertz CT molecular complexity index is 1120. The molecule has 3 aromatic rings. The Labute approximate surface area is 192 Å². The van der Waals surface area contributed by atoms with E-state index in [1.54, 1.807) is 31.4 Å². The Balaban J connectivity index is 1.59.